The first kappa shape index (κ1) is 13.3. The second-order valence-electron chi connectivity index (χ2n) is 4.67. The number of halogens is 2. The van der Waals surface area contributed by atoms with Gasteiger partial charge in [0.1, 0.15) is 16.8 Å². The highest BCUT2D eigenvalue weighted by molar-refractivity contribution is 9.10. The summed E-state index contributed by atoms with van der Waals surface area (Å²) in [7, 11) is 0. The third-order valence-corrected chi connectivity index (χ3v) is 5.45. The molecule has 0 saturated heterocycles. The molecule has 2 aromatic heterocycles. The zero-order chi connectivity index (χ0) is 13.4. The van der Waals surface area contributed by atoms with Gasteiger partial charge in [-0.3, -0.25) is 0 Å². The quantitative estimate of drug-likeness (QED) is 0.801. The van der Waals surface area contributed by atoms with Crippen LogP contribution < -0.4 is 5.32 Å². The first-order chi connectivity index (χ1) is 9.15. The molecule has 1 N–H and O–H groups in total. The number of hydrogen-bond donors (Lipinski definition) is 1. The van der Waals surface area contributed by atoms with E-state index in [1.165, 1.54) is 17.7 Å². The number of nitrogens with zero attached hydrogens (tertiary/aromatic N) is 2. The number of rotatable bonds is 4. The number of thiophene rings is 1. The normalized spacial score (nSPS) is 14.7. The summed E-state index contributed by atoms with van der Waals surface area (Å²) in [5, 5.41) is 5.99. The van der Waals surface area contributed by atoms with Crippen molar-refractivity contribution < 1.29 is 0 Å². The second kappa shape index (κ2) is 5.38. The van der Waals surface area contributed by atoms with E-state index in [9.17, 15) is 0 Å². The lowest BCUT2D eigenvalue weighted by Gasteiger charge is -2.10. The van der Waals surface area contributed by atoms with Gasteiger partial charge in [0.25, 0.3) is 0 Å². The van der Waals surface area contributed by atoms with Gasteiger partial charge in [-0.1, -0.05) is 11.6 Å². The molecule has 1 saturated carbocycles. The number of nitrogens with one attached hydrogen (secondary N) is 1. The molecule has 6 heteroatoms. The van der Waals surface area contributed by atoms with Crippen molar-refractivity contribution in [2.24, 2.45) is 0 Å². The van der Waals surface area contributed by atoms with Gasteiger partial charge in [0.2, 0.25) is 0 Å². The van der Waals surface area contributed by atoms with Crippen LogP contribution in [0.25, 0.3) is 0 Å². The topological polar surface area (TPSA) is 37.8 Å². The molecule has 3 rings (SSSR count). The van der Waals surface area contributed by atoms with E-state index in [2.05, 4.69) is 42.7 Å². The lowest BCUT2D eigenvalue weighted by Crippen LogP contribution is -2.06. The monoisotopic (exact) mass is 357 g/mol. The van der Waals surface area contributed by atoms with Crippen LogP contribution in [0, 0.1) is 6.92 Å². The van der Waals surface area contributed by atoms with Crippen molar-refractivity contribution >= 4 is 44.7 Å². The van der Waals surface area contributed by atoms with Crippen LogP contribution in [-0.2, 0) is 6.54 Å². The standard InChI is InChI=1S/C13H13BrClN3S/c1-7-11(15)17-13(8-2-3-8)18-12(7)16-6-10-9(14)4-5-19-10/h4-5,8H,2-3,6H2,1H3,(H,16,17,18). The van der Waals surface area contributed by atoms with Gasteiger partial charge in [0.15, 0.2) is 0 Å². The van der Waals surface area contributed by atoms with Crippen LogP contribution >= 0.6 is 38.9 Å². The molecule has 1 fully saturated rings. The predicted molar refractivity (Wildman–Crippen MR) is 83.1 cm³/mol. The Kier molecular flexibility index (Phi) is 3.78. The number of hydrogen-bond acceptors (Lipinski definition) is 4. The molecule has 0 amide bonds. The van der Waals surface area contributed by atoms with Crippen LogP contribution in [0.1, 0.15) is 35.0 Å². The molecule has 0 bridgehead atoms. The van der Waals surface area contributed by atoms with E-state index >= 15 is 0 Å². The van der Waals surface area contributed by atoms with E-state index in [1.807, 2.05) is 6.92 Å². The zero-order valence-corrected chi connectivity index (χ0v) is 13.6. The van der Waals surface area contributed by atoms with Gasteiger partial charge in [-0.25, -0.2) is 9.97 Å². The summed E-state index contributed by atoms with van der Waals surface area (Å²) in [4.78, 5) is 10.2. The van der Waals surface area contributed by atoms with Crippen LogP contribution in [0.2, 0.25) is 5.15 Å². The maximum absolute atomic E-state index is 6.18. The van der Waals surface area contributed by atoms with Crippen LogP contribution in [0.15, 0.2) is 15.9 Å². The minimum Gasteiger partial charge on any atom is -0.365 e. The molecule has 0 aromatic carbocycles. The van der Waals surface area contributed by atoms with Crippen LogP contribution in [-0.4, -0.2) is 9.97 Å². The summed E-state index contributed by atoms with van der Waals surface area (Å²) >= 11 is 11.4. The summed E-state index contributed by atoms with van der Waals surface area (Å²) in [6.07, 6.45) is 2.35. The van der Waals surface area contributed by atoms with E-state index in [4.69, 9.17) is 11.6 Å². The minimum absolute atomic E-state index is 0.507. The summed E-state index contributed by atoms with van der Waals surface area (Å²) < 4.78 is 1.13. The Morgan fingerprint density at radius 2 is 2.26 bits per heavy atom. The van der Waals surface area contributed by atoms with Gasteiger partial charge in [-0.05, 0) is 47.1 Å². The van der Waals surface area contributed by atoms with Gasteiger partial charge in [-0.15, -0.1) is 11.3 Å². The highest BCUT2D eigenvalue weighted by Crippen LogP contribution is 2.39. The Balaban J connectivity index is 1.81. The molecule has 0 radical (unpaired) electrons. The van der Waals surface area contributed by atoms with Crippen molar-refractivity contribution in [2.45, 2.75) is 32.2 Å². The lowest BCUT2D eigenvalue weighted by atomic mass is 10.3. The van der Waals surface area contributed by atoms with Crippen LogP contribution in [0.5, 0.6) is 0 Å². The van der Waals surface area contributed by atoms with E-state index in [-0.39, 0.29) is 0 Å². The van der Waals surface area contributed by atoms with Crippen molar-refractivity contribution in [3.63, 3.8) is 0 Å². The largest absolute Gasteiger partial charge is 0.365 e. The molecule has 1 aliphatic rings. The fourth-order valence-electron chi connectivity index (χ4n) is 1.82. The first-order valence-corrected chi connectivity index (χ1v) is 8.20. The highest BCUT2D eigenvalue weighted by Gasteiger charge is 2.28. The molecular formula is C13H13BrClN3S. The van der Waals surface area contributed by atoms with Gasteiger partial charge >= 0.3 is 0 Å². The minimum atomic E-state index is 0.507. The Labute approximate surface area is 129 Å². The van der Waals surface area contributed by atoms with Crippen molar-refractivity contribution in [2.75, 3.05) is 5.32 Å². The van der Waals surface area contributed by atoms with Gasteiger partial charge in [-0.2, -0.15) is 0 Å². The molecule has 2 aromatic rings. The van der Waals surface area contributed by atoms with Gasteiger partial charge in [0.05, 0.1) is 6.54 Å². The fraction of sp³-hybridized carbons (Fsp3) is 0.385. The summed E-state index contributed by atoms with van der Waals surface area (Å²) in [6, 6.07) is 2.05. The van der Waals surface area contributed by atoms with E-state index in [0.717, 1.165) is 28.2 Å². The molecule has 0 atom stereocenters. The molecule has 0 unspecified atom stereocenters. The molecule has 3 nitrogen and oxygen atoms in total. The van der Waals surface area contributed by atoms with Crippen molar-refractivity contribution in [3.05, 3.63) is 37.3 Å². The lowest BCUT2D eigenvalue weighted by molar-refractivity contribution is 0.912. The third kappa shape index (κ3) is 2.93. The second-order valence-corrected chi connectivity index (χ2v) is 6.88. The molecule has 1 aliphatic carbocycles. The van der Waals surface area contributed by atoms with E-state index < -0.39 is 0 Å². The molecule has 100 valence electrons. The fourth-order valence-corrected chi connectivity index (χ4v) is 3.43. The summed E-state index contributed by atoms with van der Waals surface area (Å²) in [5.41, 5.74) is 0.916. The predicted octanol–water partition coefficient (Wildman–Crippen LogP) is 4.75. The molecular weight excluding hydrogens is 346 g/mol. The van der Waals surface area contributed by atoms with Crippen LogP contribution in [0.4, 0.5) is 5.82 Å². The Morgan fingerprint density at radius 1 is 1.47 bits per heavy atom. The molecule has 0 spiro atoms. The van der Waals surface area contributed by atoms with E-state index in [0.29, 0.717) is 11.1 Å². The van der Waals surface area contributed by atoms with Crippen LogP contribution in [0.3, 0.4) is 0 Å². The molecule has 0 aliphatic heterocycles. The number of aromatic nitrogens is 2. The summed E-state index contributed by atoms with van der Waals surface area (Å²) in [6.45, 7) is 2.70. The highest BCUT2D eigenvalue weighted by atomic mass is 79.9. The van der Waals surface area contributed by atoms with Crippen molar-refractivity contribution in [3.8, 4) is 0 Å². The molecule has 19 heavy (non-hydrogen) atoms. The first-order valence-electron chi connectivity index (χ1n) is 6.15. The zero-order valence-electron chi connectivity index (χ0n) is 10.4. The maximum atomic E-state index is 6.18. The van der Waals surface area contributed by atoms with E-state index in [1.54, 1.807) is 11.3 Å². The average molecular weight is 359 g/mol. The SMILES string of the molecule is Cc1c(Cl)nc(C2CC2)nc1NCc1sccc1Br. The number of anilines is 1. The smallest absolute Gasteiger partial charge is 0.137 e. The van der Waals surface area contributed by atoms with Gasteiger partial charge < -0.3 is 5.32 Å². The Bertz CT molecular complexity index is 610. The summed E-state index contributed by atoms with van der Waals surface area (Å²) in [5.74, 6) is 2.23. The van der Waals surface area contributed by atoms with Crippen molar-refractivity contribution in [1.82, 2.24) is 9.97 Å². The average Bonchev–Trinajstić information content (AvgIpc) is 3.15. The maximum Gasteiger partial charge on any atom is 0.137 e. The Morgan fingerprint density at radius 3 is 2.89 bits per heavy atom. The third-order valence-electron chi connectivity index (χ3n) is 3.15. The van der Waals surface area contributed by atoms with Gasteiger partial charge in [0, 0.05) is 20.8 Å². The molecule has 2 heterocycles. The van der Waals surface area contributed by atoms with Crippen molar-refractivity contribution in [1.29, 1.82) is 0 Å². The Hall–Kier alpha value is -0.650.